The third-order valence-electron chi connectivity index (χ3n) is 2.79. The predicted molar refractivity (Wildman–Crippen MR) is 69.7 cm³/mol. The van der Waals surface area contributed by atoms with Gasteiger partial charge in [-0.2, -0.15) is 0 Å². The number of carbonyl (C=O) groups excluding carboxylic acids is 1. The summed E-state index contributed by atoms with van der Waals surface area (Å²) in [4.78, 5) is 21.3. The summed E-state index contributed by atoms with van der Waals surface area (Å²) < 4.78 is 4.95. The molecule has 0 aromatic heterocycles. The van der Waals surface area contributed by atoms with Gasteiger partial charge < -0.3 is 9.84 Å². The zero-order valence-electron chi connectivity index (χ0n) is 11.0. The van der Waals surface area contributed by atoms with Crippen molar-refractivity contribution in [3.05, 3.63) is 12.2 Å². The fourth-order valence-electron chi connectivity index (χ4n) is 1.74. The van der Waals surface area contributed by atoms with Crippen LogP contribution in [0, 0.1) is 0 Å². The van der Waals surface area contributed by atoms with E-state index in [-0.39, 0.29) is 0 Å². The van der Waals surface area contributed by atoms with Crippen molar-refractivity contribution >= 4 is 20.0 Å². The summed E-state index contributed by atoms with van der Waals surface area (Å²) in [6, 6.07) is 0. The molecular formula is C12H22O4Si. The molecule has 0 spiro atoms. The van der Waals surface area contributed by atoms with Crippen LogP contribution in [0.3, 0.4) is 0 Å². The first-order chi connectivity index (χ1) is 7.77. The molecule has 1 atom stereocenters. The van der Waals surface area contributed by atoms with Gasteiger partial charge in [-0.1, -0.05) is 33.0 Å². The molecule has 17 heavy (non-hydrogen) atoms. The van der Waals surface area contributed by atoms with E-state index in [1.165, 1.54) is 0 Å². The molecule has 4 nitrogen and oxygen atoms in total. The summed E-state index contributed by atoms with van der Waals surface area (Å²) in [6.07, 6.45) is 3.69. The molecule has 0 aliphatic carbocycles. The van der Waals surface area contributed by atoms with Crippen molar-refractivity contribution in [2.24, 2.45) is 0 Å². The van der Waals surface area contributed by atoms with Gasteiger partial charge in [0.1, 0.15) is 0 Å². The van der Waals surface area contributed by atoms with E-state index in [2.05, 4.69) is 26.6 Å². The average molecular weight is 258 g/mol. The molecule has 0 aromatic rings. The van der Waals surface area contributed by atoms with Gasteiger partial charge in [0.05, 0.1) is 6.61 Å². The molecular weight excluding hydrogens is 236 g/mol. The molecule has 0 aliphatic heterocycles. The summed E-state index contributed by atoms with van der Waals surface area (Å²) in [5, 5.41) is 8.33. The Hall–Kier alpha value is -1.10. The topological polar surface area (TPSA) is 63.6 Å². The Bertz CT molecular complexity index is 291. The molecule has 0 heterocycles. The van der Waals surface area contributed by atoms with Crippen LogP contribution >= 0.6 is 0 Å². The highest BCUT2D eigenvalue weighted by atomic mass is 28.3. The highest BCUT2D eigenvalue weighted by Gasteiger charge is 2.24. The van der Waals surface area contributed by atoms with E-state index in [0.717, 1.165) is 25.0 Å². The lowest BCUT2D eigenvalue weighted by Crippen LogP contribution is -2.28. The Morgan fingerprint density at radius 3 is 2.29 bits per heavy atom. The van der Waals surface area contributed by atoms with Gasteiger partial charge in [0.25, 0.3) is 0 Å². The third-order valence-corrected chi connectivity index (χ3v) is 5.94. The Morgan fingerprint density at radius 1 is 1.29 bits per heavy atom. The summed E-state index contributed by atoms with van der Waals surface area (Å²) >= 11 is 0. The number of carboxylic acid groups (broad SMARTS) is 1. The molecule has 0 fully saturated rings. The van der Waals surface area contributed by atoms with Gasteiger partial charge in [-0.05, 0) is 12.0 Å². The van der Waals surface area contributed by atoms with Crippen molar-refractivity contribution in [3.63, 3.8) is 0 Å². The lowest BCUT2D eigenvalue weighted by molar-refractivity contribution is -0.138. The van der Waals surface area contributed by atoms with Crippen LogP contribution in [0.5, 0.6) is 0 Å². The largest absolute Gasteiger partial charge is 0.478 e. The number of esters is 1. The number of carboxylic acids is 1. The van der Waals surface area contributed by atoms with Crippen LogP contribution in [-0.4, -0.2) is 31.7 Å². The van der Waals surface area contributed by atoms with E-state index in [1.54, 1.807) is 0 Å². The summed E-state index contributed by atoms with van der Waals surface area (Å²) in [5.74, 6) is -1.73. The standard InChI is InChI=1S/C12H22O4Si/c1-5-10(17(2,3)4)8-9-16-12(15)7-6-11(13)14/h6-7,10H,5,8-9H2,1-4H3,(H,13,14)/b7-6+. The second-order valence-corrected chi connectivity index (χ2v) is 10.6. The normalized spacial score (nSPS) is 13.6. The molecule has 1 unspecified atom stereocenters. The van der Waals surface area contributed by atoms with E-state index < -0.39 is 20.0 Å². The molecule has 0 saturated carbocycles. The second-order valence-electron chi connectivity index (χ2n) is 5.10. The molecule has 0 radical (unpaired) electrons. The van der Waals surface area contributed by atoms with Crippen LogP contribution in [0.2, 0.25) is 25.2 Å². The van der Waals surface area contributed by atoms with Crippen LogP contribution in [0.4, 0.5) is 0 Å². The Kier molecular flexibility index (Phi) is 6.80. The number of hydrogen-bond acceptors (Lipinski definition) is 3. The van der Waals surface area contributed by atoms with E-state index in [4.69, 9.17) is 9.84 Å². The predicted octanol–water partition coefficient (Wildman–Crippen LogP) is 2.68. The van der Waals surface area contributed by atoms with E-state index in [9.17, 15) is 9.59 Å². The summed E-state index contributed by atoms with van der Waals surface area (Å²) in [7, 11) is -1.20. The zero-order valence-corrected chi connectivity index (χ0v) is 12.0. The van der Waals surface area contributed by atoms with Gasteiger partial charge in [-0.3, -0.25) is 0 Å². The fourth-order valence-corrected chi connectivity index (χ4v) is 3.95. The molecule has 0 bridgehead atoms. The van der Waals surface area contributed by atoms with Crippen LogP contribution in [0.15, 0.2) is 12.2 Å². The smallest absolute Gasteiger partial charge is 0.331 e. The first-order valence-corrected chi connectivity index (χ1v) is 9.42. The van der Waals surface area contributed by atoms with Crippen molar-refractivity contribution in [2.45, 2.75) is 44.9 Å². The van der Waals surface area contributed by atoms with E-state index in [1.807, 2.05) is 0 Å². The van der Waals surface area contributed by atoms with Gasteiger partial charge in [-0.25, -0.2) is 9.59 Å². The number of rotatable bonds is 7. The fraction of sp³-hybridized carbons (Fsp3) is 0.667. The highest BCUT2D eigenvalue weighted by Crippen LogP contribution is 2.28. The lowest BCUT2D eigenvalue weighted by Gasteiger charge is -2.27. The minimum atomic E-state index is -1.20. The molecule has 0 saturated heterocycles. The number of ether oxygens (including phenoxy) is 1. The van der Waals surface area contributed by atoms with Crippen molar-refractivity contribution in [3.8, 4) is 0 Å². The van der Waals surface area contributed by atoms with Crippen LogP contribution in [0.1, 0.15) is 19.8 Å². The highest BCUT2D eigenvalue weighted by molar-refractivity contribution is 6.77. The molecule has 0 rings (SSSR count). The average Bonchev–Trinajstić information content (AvgIpc) is 2.19. The third kappa shape index (κ3) is 7.74. The maximum atomic E-state index is 11.1. The number of hydrogen-bond donors (Lipinski definition) is 1. The molecule has 98 valence electrons. The molecule has 5 heteroatoms. The van der Waals surface area contributed by atoms with E-state index in [0.29, 0.717) is 12.1 Å². The van der Waals surface area contributed by atoms with Crippen molar-refractivity contribution in [2.75, 3.05) is 6.61 Å². The second kappa shape index (κ2) is 7.27. The summed E-state index contributed by atoms with van der Waals surface area (Å²) in [6.45, 7) is 9.41. The van der Waals surface area contributed by atoms with Gasteiger partial charge in [0.15, 0.2) is 0 Å². The van der Waals surface area contributed by atoms with E-state index >= 15 is 0 Å². The van der Waals surface area contributed by atoms with Crippen LogP contribution < -0.4 is 0 Å². The lowest BCUT2D eigenvalue weighted by atomic mass is 10.2. The first-order valence-electron chi connectivity index (χ1n) is 5.85. The molecule has 0 amide bonds. The Labute approximate surface area is 104 Å². The molecule has 0 aromatic carbocycles. The van der Waals surface area contributed by atoms with Crippen molar-refractivity contribution < 1.29 is 19.4 Å². The van der Waals surface area contributed by atoms with Crippen molar-refractivity contribution in [1.82, 2.24) is 0 Å². The quantitative estimate of drug-likeness (QED) is 0.433. The number of aliphatic carboxylic acids is 1. The Balaban J connectivity index is 3.98. The first kappa shape index (κ1) is 15.9. The SMILES string of the molecule is CCC(CCOC(=O)/C=C/C(=O)O)[Si](C)(C)C. The van der Waals surface area contributed by atoms with Gasteiger partial charge in [0, 0.05) is 20.2 Å². The van der Waals surface area contributed by atoms with Crippen LogP contribution in [-0.2, 0) is 14.3 Å². The zero-order chi connectivity index (χ0) is 13.5. The maximum Gasteiger partial charge on any atom is 0.331 e. The minimum absolute atomic E-state index is 0.367. The van der Waals surface area contributed by atoms with Gasteiger partial charge >= 0.3 is 11.9 Å². The van der Waals surface area contributed by atoms with Crippen molar-refractivity contribution in [1.29, 1.82) is 0 Å². The van der Waals surface area contributed by atoms with Gasteiger partial charge in [-0.15, -0.1) is 0 Å². The maximum absolute atomic E-state index is 11.1. The van der Waals surface area contributed by atoms with Crippen LogP contribution in [0.25, 0.3) is 0 Å². The van der Waals surface area contributed by atoms with Gasteiger partial charge in [0.2, 0.25) is 0 Å². The molecule has 0 aliphatic rings. The monoisotopic (exact) mass is 258 g/mol. The Morgan fingerprint density at radius 2 is 1.88 bits per heavy atom. The molecule has 1 N–H and O–H groups in total. The summed E-state index contributed by atoms with van der Waals surface area (Å²) in [5.41, 5.74) is 0.624. The minimum Gasteiger partial charge on any atom is -0.478 e. The number of carbonyl (C=O) groups is 2.